The molecule has 0 unspecified atom stereocenters. The van der Waals surface area contributed by atoms with E-state index in [0.29, 0.717) is 5.69 Å². The molecule has 0 bridgehead atoms. The first-order chi connectivity index (χ1) is 9.13. The van der Waals surface area contributed by atoms with Crippen molar-refractivity contribution in [3.63, 3.8) is 0 Å². The lowest BCUT2D eigenvalue weighted by Gasteiger charge is -2.01. The first-order valence-corrected chi connectivity index (χ1v) is 6.43. The number of carbonyl (C=O) groups is 1. The van der Waals surface area contributed by atoms with Gasteiger partial charge in [-0.05, 0) is 42.0 Å². The number of anilines is 1. The minimum Gasteiger partial charge on any atom is -0.322 e. The average Bonchev–Trinajstić information content (AvgIpc) is 2.38. The van der Waals surface area contributed by atoms with Gasteiger partial charge < -0.3 is 5.32 Å². The van der Waals surface area contributed by atoms with Crippen molar-refractivity contribution >= 4 is 33.6 Å². The molecule has 0 aliphatic heterocycles. The maximum atomic E-state index is 12.9. The molecule has 0 atom stereocenters. The molecule has 0 aliphatic carbocycles. The van der Waals surface area contributed by atoms with Crippen LogP contribution in [0.3, 0.4) is 0 Å². The standard InChI is InChI=1S/C15H11BrFNO/c16-12-7-4-11(5-8-12)6-9-15(19)18-14-3-1-2-13(17)10-14/h1-10H,(H,18,19). The summed E-state index contributed by atoms with van der Waals surface area (Å²) in [7, 11) is 0. The smallest absolute Gasteiger partial charge is 0.248 e. The first-order valence-electron chi connectivity index (χ1n) is 5.64. The van der Waals surface area contributed by atoms with Crippen molar-refractivity contribution in [2.75, 3.05) is 5.32 Å². The van der Waals surface area contributed by atoms with E-state index in [4.69, 9.17) is 0 Å². The van der Waals surface area contributed by atoms with Gasteiger partial charge in [-0.3, -0.25) is 4.79 Å². The highest BCUT2D eigenvalue weighted by molar-refractivity contribution is 9.10. The third kappa shape index (κ3) is 4.34. The SMILES string of the molecule is O=C(C=Cc1ccc(Br)cc1)Nc1cccc(F)c1. The molecule has 4 heteroatoms. The predicted molar refractivity (Wildman–Crippen MR) is 78.2 cm³/mol. The topological polar surface area (TPSA) is 29.1 Å². The first kappa shape index (κ1) is 13.5. The Bertz CT molecular complexity index is 608. The van der Waals surface area contributed by atoms with Crippen molar-refractivity contribution in [3.05, 3.63) is 70.5 Å². The summed E-state index contributed by atoms with van der Waals surface area (Å²) in [6, 6.07) is 13.3. The van der Waals surface area contributed by atoms with E-state index in [2.05, 4.69) is 21.2 Å². The summed E-state index contributed by atoms with van der Waals surface area (Å²) in [6.07, 6.45) is 3.11. The molecule has 0 saturated heterocycles. The van der Waals surface area contributed by atoms with Gasteiger partial charge in [-0.15, -0.1) is 0 Å². The Labute approximate surface area is 119 Å². The lowest BCUT2D eigenvalue weighted by atomic mass is 10.2. The van der Waals surface area contributed by atoms with Crippen LogP contribution in [0.5, 0.6) is 0 Å². The van der Waals surface area contributed by atoms with Crippen LogP contribution in [0.4, 0.5) is 10.1 Å². The number of nitrogens with one attached hydrogen (secondary N) is 1. The van der Waals surface area contributed by atoms with Crippen molar-refractivity contribution in [2.24, 2.45) is 0 Å². The molecule has 0 fully saturated rings. The van der Waals surface area contributed by atoms with Crippen molar-refractivity contribution in [1.82, 2.24) is 0 Å². The van der Waals surface area contributed by atoms with E-state index in [1.165, 1.54) is 18.2 Å². The van der Waals surface area contributed by atoms with Crippen LogP contribution in [-0.4, -0.2) is 5.91 Å². The molecule has 0 spiro atoms. The molecule has 1 N–H and O–H groups in total. The second-order valence-corrected chi connectivity index (χ2v) is 4.80. The van der Waals surface area contributed by atoms with Crippen LogP contribution in [0.2, 0.25) is 0 Å². The molecule has 96 valence electrons. The molecule has 0 aromatic heterocycles. The summed E-state index contributed by atoms with van der Waals surface area (Å²) >= 11 is 3.34. The normalized spacial score (nSPS) is 10.6. The zero-order valence-electron chi connectivity index (χ0n) is 9.94. The monoisotopic (exact) mass is 319 g/mol. The van der Waals surface area contributed by atoms with Crippen LogP contribution in [0.15, 0.2) is 59.1 Å². The van der Waals surface area contributed by atoms with E-state index in [1.807, 2.05) is 24.3 Å². The molecular weight excluding hydrogens is 309 g/mol. The van der Waals surface area contributed by atoms with Crippen LogP contribution in [0.25, 0.3) is 6.08 Å². The third-order valence-corrected chi connectivity index (χ3v) is 2.92. The number of halogens is 2. The summed E-state index contributed by atoms with van der Waals surface area (Å²) < 4.78 is 13.9. The largest absolute Gasteiger partial charge is 0.322 e. The second-order valence-electron chi connectivity index (χ2n) is 3.88. The van der Waals surface area contributed by atoms with Gasteiger partial charge in [0.05, 0.1) is 0 Å². The Morgan fingerprint density at radius 1 is 1.16 bits per heavy atom. The third-order valence-electron chi connectivity index (χ3n) is 2.39. The molecule has 2 nitrogen and oxygen atoms in total. The van der Waals surface area contributed by atoms with E-state index >= 15 is 0 Å². The summed E-state index contributed by atoms with van der Waals surface area (Å²) in [4.78, 5) is 11.6. The van der Waals surface area contributed by atoms with Gasteiger partial charge >= 0.3 is 0 Å². The van der Waals surface area contributed by atoms with Crippen LogP contribution in [-0.2, 0) is 4.79 Å². The molecule has 0 saturated carbocycles. The van der Waals surface area contributed by atoms with Gasteiger partial charge in [0.1, 0.15) is 5.82 Å². The fourth-order valence-corrected chi connectivity index (χ4v) is 1.76. The van der Waals surface area contributed by atoms with Gasteiger partial charge in [0.15, 0.2) is 0 Å². The summed E-state index contributed by atoms with van der Waals surface area (Å²) in [5.41, 5.74) is 1.35. The number of amides is 1. The van der Waals surface area contributed by atoms with Gasteiger partial charge in [0.2, 0.25) is 5.91 Å². The quantitative estimate of drug-likeness (QED) is 0.842. The van der Waals surface area contributed by atoms with E-state index in [9.17, 15) is 9.18 Å². The minimum atomic E-state index is -0.380. The Hall–Kier alpha value is -1.94. The number of benzene rings is 2. The van der Waals surface area contributed by atoms with Crippen molar-refractivity contribution in [1.29, 1.82) is 0 Å². The Balaban J connectivity index is 1.99. The van der Waals surface area contributed by atoms with Gasteiger partial charge in [-0.1, -0.05) is 34.1 Å². The number of rotatable bonds is 3. The molecule has 0 aliphatic rings. The number of carbonyl (C=O) groups excluding carboxylic acids is 1. The highest BCUT2D eigenvalue weighted by Crippen LogP contribution is 2.12. The molecule has 0 heterocycles. The minimum absolute atomic E-state index is 0.298. The zero-order valence-corrected chi connectivity index (χ0v) is 11.5. The lowest BCUT2D eigenvalue weighted by molar-refractivity contribution is -0.111. The molecule has 2 aromatic carbocycles. The van der Waals surface area contributed by atoms with E-state index in [1.54, 1.807) is 18.2 Å². The fraction of sp³-hybridized carbons (Fsp3) is 0. The second kappa shape index (κ2) is 6.29. The average molecular weight is 320 g/mol. The van der Waals surface area contributed by atoms with Gasteiger partial charge in [-0.2, -0.15) is 0 Å². The van der Waals surface area contributed by atoms with Crippen LogP contribution in [0.1, 0.15) is 5.56 Å². The molecule has 2 rings (SSSR count). The molecule has 0 radical (unpaired) electrons. The fourth-order valence-electron chi connectivity index (χ4n) is 1.50. The van der Waals surface area contributed by atoms with E-state index in [-0.39, 0.29) is 11.7 Å². The molecule has 2 aromatic rings. The van der Waals surface area contributed by atoms with Crippen LogP contribution in [0, 0.1) is 5.82 Å². The number of hydrogen-bond donors (Lipinski definition) is 1. The van der Waals surface area contributed by atoms with Gasteiger partial charge in [0, 0.05) is 16.2 Å². The summed E-state index contributed by atoms with van der Waals surface area (Å²) in [5.74, 6) is -0.678. The maximum Gasteiger partial charge on any atom is 0.248 e. The summed E-state index contributed by atoms with van der Waals surface area (Å²) in [6.45, 7) is 0. The van der Waals surface area contributed by atoms with Crippen molar-refractivity contribution in [2.45, 2.75) is 0 Å². The number of hydrogen-bond acceptors (Lipinski definition) is 1. The van der Waals surface area contributed by atoms with E-state index in [0.717, 1.165) is 10.0 Å². The van der Waals surface area contributed by atoms with Crippen molar-refractivity contribution in [3.8, 4) is 0 Å². The Morgan fingerprint density at radius 3 is 2.58 bits per heavy atom. The molecular formula is C15H11BrFNO. The van der Waals surface area contributed by atoms with Gasteiger partial charge in [0.25, 0.3) is 0 Å². The van der Waals surface area contributed by atoms with E-state index < -0.39 is 0 Å². The predicted octanol–water partition coefficient (Wildman–Crippen LogP) is 4.24. The lowest BCUT2D eigenvalue weighted by Crippen LogP contribution is -2.07. The Morgan fingerprint density at radius 2 is 1.89 bits per heavy atom. The summed E-state index contributed by atoms with van der Waals surface area (Å²) in [5, 5.41) is 2.59. The maximum absolute atomic E-state index is 12.9. The van der Waals surface area contributed by atoms with Crippen molar-refractivity contribution < 1.29 is 9.18 Å². The molecule has 19 heavy (non-hydrogen) atoms. The van der Waals surface area contributed by atoms with Gasteiger partial charge in [-0.25, -0.2) is 4.39 Å². The zero-order chi connectivity index (χ0) is 13.7. The van der Waals surface area contributed by atoms with Crippen LogP contribution < -0.4 is 5.32 Å². The van der Waals surface area contributed by atoms with Crippen LogP contribution >= 0.6 is 15.9 Å². The molecule has 1 amide bonds. The highest BCUT2D eigenvalue weighted by Gasteiger charge is 1.98. The highest BCUT2D eigenvalue weighted by atomic mass is 79.9. The Kier molecular flexibility index (Phi) is 4.47.